The van der Waals surface area contributed by atoms with Crippen LogP contribution in [0.25, 0.3) is 0 Å². The number of benzene rings is 1. The topological polar surface area (TPSA) is 181 Å². The Bertz CT molecular complexity index is 1230. The monoisotopic (exact) mass is 522 g/mol. The highest BCUT2D eigenvalue weighted by Gasteiger charge is 2.22. The number of amides is 3. The first-order chi connectivity index (χ1) is 17.0. The van der Waals surface area contributed by atoms with Crippen molar-refractivity contribution in [3.8, 4) is 11.6 Å². The lowest BCUT2D eigenvalue weighted by atomic mass is 10.2. The Morgan fingerprint density at radius 2 is 1.67 bits per heavy atom. The molecule has 0 unspecified atom stereocenters. The number of nitrogens with zero attached hydrogens (tertiary/aromatic N) is 2. The highest BCUT2D eigenvalue weighted by molar-refractivity contribution is 7.90. The average Bonchev–Trinajstić information content (AvgIpc) is 2.84. The van der Waals surface area contributed by atoms with Crippen molar-refractivity contribution in [2.45, 2.75) is 25.7 Å². The Labute approximate surface area is 207 Å². The van der Waals surface area contributed by atoms with Crippen LogP contribution < -0.4 is 14.8 Å². The molecule has 0 bridgehead atoms. The third-order valence-corrected chi connectivity index (χ3v) is 6.00. The lowest BCUT2D eigenvalue weighted by molar-refractivity contribution is -0.141. The Balaban J connectivity index is 2.06. The van der Waals surface area contributed by atoms with Crippen LogP contribution in [-0.2, 0) is 19.6 Å². The molecule has 13 nitrogen and oxygen atoms in total. The molecule has 0 saturated carbocycles. The molecule has 1 aromatic heterocycles. The highest BCUT2D eigenvalue weighted by Crippen LogP contribution is 2.24. The van der Waals surface area contributed by atoms with Crippen LogP contribution in [0.3, 0.4) is 0 Å². The van der Waals surface area contributed by atoms with Crippen LogP contribution in [0.1, 0.15) is 41.5 Å². The summed E-state index contributed by atoms with van der Waals surface area (Å²) in [5.41, 5.74) is -0.0522. The van der Waals surface area contributed by atoms with E-state index in [0.29, 0.717) is 18.7 Å². The van der Waals surface area contributed by atoms with Crippen molar-refractivity contribution in [3.05, 3.63) is 47.7 Å². The van der Waals surface area contributed by atoms with Crippen LogP contribution in [-0.4, -0.2) is 73.5 Å². The molecule has 0 aliphatic heterocycles. The third kappa shape index (κ3) is 7.40. The standard InChI is InChI=1S/C22H26N4O9S/c1-4-26(5-2)21(30)14-7-9-16(10-8-14)36(32,33)25-19(29)15-11-17(27)20(23-12-15)35-22(31)24-13-18(28)34-6-3/h7-12,27H,4-6,13H2,1-3H3,(H,24,31)(H,25,29). The molecule has 0 atom stereocenters. The van der Waals surface area contributed by atoms with Gasteiger partial charge in [0.1, 0.15) is 6.54 Å². The zero-order chi connectivity index (χ0) is 26.9. The molecule has 0 spiro atoms. The summed E-state index contributed by atoms with van der Waals surface area (Å²) in [7, 11) is -4.32. The summed E-state index contributed by atoms with van der Waals surface area (Å²) < 4.78 is 36.4. The lowest BCUT2D eigenvalue weighted by Gasteiger charge is -2.18. The van der Waals surface area contributed by atoms with Crippen molar-refractivity contribution in [3.63, 3.8) is 0 Å². The van der Waals surface area contributed by atoms with Gasteiger partial charge in [-0.05, 0) is 51.1 Å². The van der Waals surface area contributed by atoms with Crippen molar-refractivity contribution in [1.82, 2.24) is 19.9 Å². The van der Waals surface area contributed by atoms with E-state index >= 15 is 0 Å². The summed E-state index contributed by atoms with van der Waals surface area (Å²) in [5, 5.41) is 12.1. The van der Waals surface area contributed by atoms with Gasteiger partial charge in [-0.25, -0.2) is 22.9 Å². The molecular formula is C22H26N4O9S. The second-order valence-electron chi connectivity index (χ2n) is 7.03. The Morgan fingerprint density at radius 1 is 1.03 bits per heavy atom. The quantitative estimate of drug-likeness (QED) is 0.381. The first-order valence-corrected chi connectivity index (χ1v) is 12.3. The van der Waals surface area contributed by atoms with E-state index in [2.05, 4.69) is 15.0 Å². The summed E-state index contributed by atoms with van der Waals surface area (Å²) in [4.78, 5) is 52.7. The van der Waals surface area contributed by atoms with Gasteiger partial charge < -0.3 is 24.8 Å². The van der Waals surface area contributed by atoms with E-state index in [1.807, 2.05) is 18.6 Å². The van der Waals surface area contributed by atoms with Crippen LogP contribution in [0.2, 0.25) is 0 Å². The third-order valence-electron chi connectivity index (χ3n) is 4.66. The van der Waals surface area contributed by atoms with E-state index in [9.17, 15) is 32.7 Å². The number of ether oxygens (including phenoxy) is 2. The van der Waals surface area contributed by atoms with Gasteiger partial charge in [0.2, 0.25) is 0 Å². The number of aromatic hydroxyl groups is 1. The predicted molar refractivity (Wildman–Crippen MR) is 125 cm³/mol. The van der Waals surface area contributed by atoms with Crippen LogP contribution in [0.15, 0.2) is 41.4 Å². The van der Waals surface area contributed by atoms with Crippen LogP contribution in [0.5, 0.6) is 11.6 Å². The highest BCUT2D eigenvalue weighted by atomic mass is 32.2. The summed E-state index contributed by atoms with van der Waals surface area (Å²) in [6.45, 7) is 5.87. The van der Waals surface area contributed by atoms with Crippen LogP contribution in [0.4, 0.5) is 4.79 Å². The van der Waals surface area contributed by atoms with Gasteiger partial charge in [0.25, 0.3) is 27.7 Å². The Hall–Kier alpha value is -4.20. The Morgan fingerprint density at radius 3 is 2.22 bits per heavy atom. The van der Waals surface area contributed by atoms with Gasteiger partial charge in [0, 0.05) is 24.8 Å². The van der Waals surface area contributed by atoms with Crippen LogP contribution >= 0.6 is 0 Å². The fraction of sp³-hybridized carbons (Fsp3) is 0.318. The van der Waals surface area contributed by atoms with Gasteiger partial charge >= 0.3 is 12.1 Å². The molecule has 3 amide bonds. The summed E-state index contributed by atoms with van der Waals surface area (Å²) in [5.74, 6) is -3.38. The minimum atomic E-state index is -4.32. The van der Waals surface area contributed by atoms with Crippen molar-refractivity contribution < 1.29 is 42.2 Å². The molecule has 0 radical (unpaired) electrons. The maximum Gasteiger partial charge on any atom is 0.414 e. The zero-order valence-electron chi connectivity index (χ0n) is 19.8. The van der Waals surface area contributed by atoms with Crippen LogP contribution in [0, 0.1) is 0 Å². The van der Waals surface area contributed by atoms with Gasteiger partial charge in [0.15, 0.2) is 5.75 Å². The first kappa shape index (κ1) is 28.0. The van der Waals surface area contributed by atoms with E-state index in [1.54, 1.807) is 11.8 Å². The largest absolute Gasteiger partial charge is 0.503 e. The molecule has 194 valence electrons. The fourth-order valence-electron chi connectivity index (χ4n) is 2.83. The summed E-state index contributed by atoms with van der Waals surface area (Å²) in [6.07, 6.45) is -0.238. The predicted octanol–water partition coefficient (Wildman–Crippen LogP) is 1.04. The van der Waals surface area contributed by atoms with Crippen molar-refractivity contribution >= 4 is 33.9 Å². The number of sulfonamides is 1. The number of hydrogen-bond acceptors (Lipinski definition) is 10. The second-order valence-corrected chi connectivity index (χ2v) is 8.72. The molecule has 1 heterocycles. The molecule has 1 aromatic carbocycles. The summed E-state index contributed by atoms with van der Waals surface area (Å²) in [6, 6.07) is 5.90. The second kappa shape index (κ2) is 12.5. The number of hydrogen-bond donors (Lipinski definition) is 3. The Kier molecular flexibility index (Phi) is 9.73. The van der Waals surface area contributed by atoms with Gasteiger partial charge in [-0.3, -0.25) is 14.4 Å². The molecule has 2 aromatic rings. The normalized spacial score (nSPS) is 10.8. The number of carbonyl (C=O) groups is 4. The number of rotatable bonds is 10. The molecule has 2 rings (SSSR count). The van der Waals surface area contributed by atoms with E-state index in [1.165, 1.54) is 24.3 Å². The minimum absolute atomic E-state index is 0.124. The molecule has 3 N–H and O–H groups in total. The average molecular weight is 523 g/mol. The number of pyridine rings is 1. The van der Waals surface area contributed by atoms with Gasteiger partial charge in [-0.1, -0.05) is 0 Å². The van der Waals surface area contributed by atoms with Crippen molar-refractivity contribution in [1.29, 1.82) is 0 Å². The SMILES string of the molecule is CCOC(=O)CNC(=O)Oc1ncc(C(=O)NS(=O)(=O)c2ccc(C(=O)N(CC)CC)cc2)cc1O. The zero-order valence-corrected chi connectivity index (χ0v) is 20.6. The first-order valence-electron chi connectivity index (χ1n) is 10.8. The van der Waals surface area contributed by atoms with Crippen molar-refractivity contribution in [2.24, 2.45) is 0 Å². The number of carbonyl (C=O) groups excluding carboxylic acids is 4. The number of esters is 1. The molecule has 0 fully saturated rings. The number of aromatic nitrogens is 1. The number of nitrogens with one attached hydrogen (secondary N) is 2. The fourth-order valence-corrected chi connectivity index (χ4v) is 3.81. The van der Waals surface area contributed by atoms with Crippen molar-refractivity contribution in [2.75, 3.05) is 26.2 Å². The summed E-state index contributed by atoms with van der Waals surface area (Å²) >= 11 is 0. The van der Waals surface area contributed by atoms with E-state index in [-0.39, 0.29) is 23.0 Å². The van der Waals surface area contributed by atoms with Gasteiger partial charge in [-0.15, -0.1) is 0 Å². The van der Waals surface area contributed by atoms with Gasteiger partial charge in [-0.2, -0.15) is 0 Å². The van der Waals surface area contributed by atoms with E-state index in [4.69, 9.17) is 4.74 Å². The van der Waals surface area contributed by atoms with E-state index in [0.717, 1.165) is 12.3 Å². The van der Waals surface area contributed by atoms with E-state index < -0.39 is 46.2 Å². The molecule has 0 aliphatic carbocycles. The maximum absolute atomic E-state index is 12.6. The molecular weight excluding hydrogens is 496 g/mol. The molecule has 0 saturated heterocycles. The molecule has 14 heteroatoms. The maximum atomic E-state index is 12.6. The minimum Gasteiger partial charge on any atom is -0.503 e. The molecule has 0 aliphatic rings. The van der Waals surface area contributed by atoms with Gasteiger partial charge in [0.05, 0.1) is 17.1 Å². The molecule has 36 heavy (non-hydrogen) atoms. The smallest absolute Gasteiger partial charge is 0.414 e. The lowest BCUT2D eigenvalue weighted by Crippen LogP contribution is -2.33.